The van der Waals surface area contributed by atoms with Crippen LogP contribution < -0.4 is 5.73 Å². The average molecular weight is 260 g/mol. The quantitative estimate of drug-likeness (QED) is 0.847. The number of carbonyl (C=O) groups excluding carboxylic acids is 1. The summed E-state index contributed by atoms with van der Waals surface area (Å²) in [5, 5.41) is 0. The van der Waals surface area contributed by atoms with Crippen molar-refractivity contribution in [1.82, 2.24) is 14.9 Å². The van der Waals surface area contributed by atoms with Crippen molar-refractivity contribution in [2.24, 2.45) is 11.7 Å². The van der Waals surface area contributed by atoms with Crippen molar-refractivity contribution in [3.8, 4) is 0 Å². The Hall–Kier alpha value is -1.88. The summed E-state index contributed by atoms with van der Waals surface area (Å²) in [4.78, 5) is 20.9. The van der Waals surface area contributed by atoms with Gasteiger partial charge in [-0.3, -0.25) is 4.79 Å². The Kier molecular flexibility index (Phi) is 4.16. The highest BCUT2D eigenvalue weighted by Gasteiger charge is 2.15. The molecule has 0 saturated carbocycles. The zero-order valence-corrected chi connectivity index (χ0v) is 11.4. The number of benzene rings is 1. The van der Waals surface area contributed by atoms with Gasteiger partial charge in [-0.2, -0.15) is 0 Å². The summed E-state index contributed by atoms with van der Waals surface area (Å²) in [7, 11) is 1.82. The van der Waals surface area contributed by atoms with Crippen LogP contribution in [0, 0.1) is 5.92 Å². The van der Waals surface area contributed by atoms with E-state index in [0.717, 1.165) is 17.5 Å². The largest absolute Gasteiger partial charge is 0.345 e. The van der Waals surface area contributed by atoms with Gasteiger partial charge in [-0.1, -0.05) is 13.0 Å². The van der Waals surface area contributed by atoms with Gasteiger partial charge in [0.05, 0.1) is 17.4 Å². The minimum atomic E-state index is -0.111. The molecule has 0 aliphatic rings. The van der Waals surface area contributed by atoms with Crippen molar-refractivity contribution in [2.45, 2.75) is 13.3 Å². The van der Waals surface area contributed by atoms with E-state index in [9.17, 15) is 4.79 Å². The number of carbonyl (C=O) groups is 1. The van der Waals surface area contributed by atoms with Gasteiger partial charge in [-0.15, -0.1) is 0 Å². The minimum Gasteiger partial charge on any atom is -0.345 e. The number of H-pyrrole nitrogens is 1. The molecule has 0 bridgehead atoms. The van der Waals surface area contributed by atoms with Gasteiger partial charge in [0, 0.05) is 26.1 Å². The molecular weight excluding hydrogens is 240 g/mol. The van der Waals surface area contributed by atoms with Crippen molar-refractivity contribution >= 4 is 16.9 Å². The molecule has 1 atom stereocenters. The topological polar surface area (TPSA) is 75.0 Å². The van der Waals surface area contributed by atoms with E-state index in [2.05, 4.69) is 16.0 Å². The third-order valence-corrected chi connectivity index (χ3v) is 3.37. The summed E-state index contributed by atoms with van der Waals surface area (Å²) in [6, 6.07) is 6.12. The van der Waals surface area contributed by atoms with E-state index in [1.165, 1.54) is 5.56 Å². The molecule has 19 heavy (non-hydrogen) atoms. The number of fused-ring (bicyclic) bond motifs is 1. The van der Waals surface area contributed by atoms with Crippen molar-refractivity contribution < 1.29 is 4.79 Å². The Morgan fingerprint density at radius 3 is 3.05 bits per heavy atom. The number of nitrogens with zero attached hydrogens (tertiary/aromatic N) is 2. The number of likely N-dealkylation sites (N-methyl/N-ethyl adjacent to an activating group) is 1. The molecule has 0 aliphatic carbocycles. The first-order valence-corrected chi connectivity index (χ1v) is 6.49. The maximum atomic E-state index is 11.9. The van der Waals surface area contributed by atoms with Crippen LogP contribution in [0.1, 0.15) is 12.5 Å². The molecule has 0 aliphatic heterocycles. The van der Waals surface area contributed by atoms with Gasteiger partial charge in [-0.05, 0) is 24.1 Å². The fourth-order valence-electron chi connectivity index (χ4n) is 2.02. The Bertz CT molecular complexity index is 563. The molecule has 1 amide bonds. The average Bonchev–Trinajstić information content (AvgIpc) is 2.90. The van der Waals surface area contributed by atoms with Gasteiger partial charge in [0.15, 0.2) is 0 Å². The Labute approximate surface area is 112 Å². The number of hydrogen-bond acceptors (Lipinski definition) is 3. The van der Waals surface area contributed by atoms with Gasteiger partial charge in [-0.25, -0.2) is 4.98 Å². The van der Waals surface area contributed by atoms with Crippen LogP contribution in [-0.4, -0.2) is 40.9 Å². The zero-order chi connectivity index (χ0) is 13.8. The van der Waals surface area contributed by atoms with Crippen LogP contribution in [0.4, 0.5) is 0 Å². The normalized spacial score (nSPS) is 12.6. The smallest absolute Gasteiger partial charge is 0.226 e. The summed E-state index contributed by atoms with van der Waals surface area (Å²) in [5.41, 5.74) is 8.69. The number of aromatic amines is 1. The second kappa shape index (κ2) is 5.84. The van der Waals surface area contributed by atoms with E-state index in [1.807, 2.05) is 26.1 Å². The van der Waals surface area contributed by atoms with Crippen molar-refractivity contribution in [3.63, 3.8) is 0 Å². The van der Waals surface area contributed by atoms with Crippen LogP contribution in [0.25, 0.3) is 11.0 Å². The van der Waals surface area contributed by atoms with Gasteiger partial charge in [0.1, 0.15) is 0 Å². The van der Waals surface area contributed by atoms with E-state index in [-0.39, 0.29) is 11.8 Å². The van der Waals surface area contributed by atoms with Gasteiger partial charge in [0.25, 0.3) is 0 Å². The first-order valence-electron chi connectivity index (χ1n) is 6.49. The van der Waals surface area contributed by atoms with E-state index in [0.29, 0.717) is 13.1 Å². The summed E-state index contributed by atoms with van der Waals surface area (Å²) in [5.74, 6) is -0.00907. The molecule has 1 aromatic carbocycles. The predicted molar refractivity (Wildman–Crippen MR) is 75.7 cm³/mol. The van der Waals surface area contributed by atoms with Crippen LogP contribution in [0.3, 0.4) is 0 Å². The molecule has 2 rings (SSSR count). The molecule has 3 N–H and O–H groups in total. The summed E-state index contributed by atoms with van der Waals surface area (Å²) in [6.45, 7) is 2.95. The first kappa shape index (κ1) is 13.5. The lowest BCUT2D eigenvalue weighted by Gasteiger charge is -2.20. The van der Waals surface area contributed by atoms with Crippen LogP contribution in [0.5, 0.6) is 0 Å². The minimum absolute atomic E-state index is 0.102. The lowest BCUT2D eigenvalue weighted by atomic mass is 10.1. The second-order valence-electron chi connectivity index (χ2n) is 4.90. The standard InChI is InChI=1S/C14H20N4O/c1-10(8-15)14(19)18(2)6-5-11-3-4-12-13(7-11)17-9-16-12/h3-4,7,9-10H,5-6,8,15H2,1-2H3,(H,16,17). The molecule has 1 unspecified atom stereocenters. The first-order chi connectivity index (χ1) is 9.11. The molecule has 0 fully saturated rings. The van der Waals surface area contributed by atoms with E-state index < -0.39 is 0 Å². The number of imidazole rings is 1. The SMILES string of the molecule is CC(CN)C(=O)N(C)CCc1ccc2nc[nH]c2c1. The van der Waals surface area contributed by atoms with Crippen molar-refractivity contribution in [2.75, 3.05) is 20.1 Å². The maximum absolute atomic E-state index is 11.9. The van der Waals surface area contributed by atoms with Gasteiger partial charge < -0.3 is 15.6 Å². The molecular formula is C14H20N4O. The van der Waals surface area contributed by atoms with E-state index in [4.69, 9.17) is 5.73 Å². The fraction of sp³-hybridized carbons (Fsp3) is 0.429. The molecule has 2 aromatic rings. The van der Waals surface area contributed by atoms with Crippen molar-refractivity contribution in [3.05, 3.63) is 30.1 Å². The predicted octanol–water partition coefficient (Wildman–Crippen LogP) is 1.16. The molecule has 0 radical (unpaired) electrons. The molecule has 5 heteroatoms. The zero-order valence-electron chi connectivity index (χ0n) is 11.4. The number of nitrogens with two attached hydrogens (primary N) is 1. The number of aromatic nitrogens is 2. The third-order valence-electron chi connectivity index (χ3n) is 3.37. The summed E-state index contributed by atoms with van der Waals surface area (Å²) in [6.07, 6.45) is 2.52. The molecule has 102 valence electrons. The van der Waals surface area contributed by atoms with Crippen LogP contribution in [0.2, 0.25) is 0 Å². The van der Waals surface area contributed by atoms with Gasteiger partial charge >= 0.3 is 0 Å². The molecule has 1 aromatic heterocycles. The maximum Gasteiger partial charge on any atom is 0.226 e. The highest BCUT2D eigenvalue weighted by Crippen LogP contribution is 2.12. The molecule has 5 nitrogen and oxygen atoms in total. The number of nitrogens with one attached hydrogen (secondary N) is 1. The number of amides is 1. The Morgan fingerprint density at radius 2 is 2.32 bits per heavy atom. The molecule has 0 spiro atoms. The monoisotopic (exact) mass is 260 g/mol. The van der Waals surface area contributed by atoms with E-state index in [1.54, 1.807) is 11.2 Å². The lowest BCUT2D eigenvalue weighted by Crippen LogP contribution is -2.36. The molecule has 0 saturated heterocycles. The molecule has 1 heterocycles. The highest BCUT2D eigenvalue weighted by atomic mass is 16.2. The number of hydrogen-bond donors (Lipinski definition) is 2. The lowest BCUT2D eigenvalue weighted by molar-refractivity contribution is -0.133. The summed E-state index contributed by atoms with van der Waals surface area (Å²) >= 11 is 0. The second-order valence-corrected chi connectivity index (χ2v) is 4.90. The van der Waals surface area contributed by atoms with Crippen molar-refractivity contribution in [1.29, 1.82) is 0 Å². The van der Waals surface area contributed by atoms with Crippen LogP contribution in [-0.2, 0) is 11.2 Å². The highest BCUT2D eigenvalue weighted by molar-refractivity contribution is 5.78. The van der Waals surface area contributed by atoms with Crippen LogP contribution in [0.15, 0.2) is 24.5 Å². The van der Waals surface area contributed by atoms with E-state index >= 15 is 0 Å². The Morgan fingerprint density at radius 1 is 1.53 bits per heavy atom. The van der Waals surface area contributed by atoms with Crippen LogP contribution >= 0.6 is 0 Å². The number of rotatable bonds is 5. The fourth-order valence-corrected chi connectivity index (χ4v) is 2.02. The summed E-state index contributed by atoms with van der Waals surface area (Å²) < 4.78 is 0. The third kappa shape index (κ3) is 3.12. The Balaban J connectivity index is 1.96. The van der Waals surface area contributed by atoms with Gasteiger partial charge in [0.2, 0.25) is 5.91 Å².